The van der Waals surface area contributed by atoms with Gasteiger partial charge in [0, 0.05) is 4.47 Å². The van der Waals surface area contributed by atoms with Gasteiger partial charge in [0.05, 0.1) is 50.3 Å². The number of benzene rings is 2. The molecule has 31 heavy (non-hydrogen) atoms. The van der Waals surface area contributed by atoms with Gasteiger partial charge in [-0.15, -0.1) is 0 Å². The molecular formula is C24H26BrN2O4+. The number of likely N-dealkylation sites (N-methyl/N-ethyl adjacent to an activating group) is 1. The minimum atomic E-state index is -0.507. The van der Waals surface area contributed by atoms with Crippen molar-refractivity contribution in [3.05, 3.63) is 74.0 Å². The maximum absolute atomic E-state index is 13.6. The molecule has 2 aromatic carbocycles. The van der Waals surface area contributed by atoms with Crippen molar-refractivity contribution < 1.29 is 18.8 Å². The number of methoxy groups -OCH3 is 1. The van der Waals surface area contributed by atoms with Crippen LogP contribution in [0.5, 0.6) is 5.75 Å². The number of fused-ring (bicyclic) bond motifs is 2. The van der Waals surface area contributed by atoms with Gasteiger partial charge in [0.15, 0.2) is 5.43 Å². The summed E-state index contributed by atoms with van der Waals surface area (Å²) in [5.74, 6) is 0.583. The number of rotatable bonds is 7. The van der Waals surface area contributed by atoms with Gasteiger partial charge < -0.3 is 19.0 Å². The SMILES string of the molecule is CC[NH+](CC)CCN1C(=O)c2oc3ccc(Br)cc3c(=O)c2C1c1cccc(OC)c1. The highest BCUT2D eigenvalue weighted by Gasteiger charge is 2.43. The molecule has 0 radical (unpaired) electrons. The maximum atomic E-state index is 13.6. The van der Waals surface area contributed by atoms with E-state index in [1.807, 2.05) is 24.3 Å². The lowest BCUT2D eigenvalue weighted by molar-refractivity contribution is -0.895. The molecule has 1 aromatic heterocycles. The predicted octanol–water partition coefficient (Wildman–Crippen LogP) is 3.03. The highest BCUT2D eigenvalue weighted by molar-refractivity contribution is 9.10. The van der Waals surface area contributed by atoms with Crippen LogP contribution in [-0.2, 0) is 0 Å². The van der Waals surface area contributed by atoms with Gasteiger partial charge >= 0.3 is 0 Å². The standard InChI is InChI=1S/C24H25BrN2O4/c1-4-26(5-2)11-12-27-21(15-7-6-8-17(13-15)30-3)20-22(28)18-14-16(25)9-10-19(18)31-23(20)24(27)29/h6-10,13-14,21H,4-5,11-12H2,1-3H3/p+1. The normalized spacial score (nSPS) is 15.7. The minimum Gasteiger partial charge on any atom is -0.497 e. The van der Waals surface area contributed by atoms with E-state index in [4.69, 9.17) is 9.15 Å². The van der Waals surface area contributed by atoms with E-state index >= 15 is 0 Å². The van der Waals surface area contributed by atoms with Crippen LogP contribution in [0.4, 0.5) is 0 Å². The van der Waals surface area contributed by atoms with Crippen LogP contribution in [0.2, 0.25) is 0 Å². The zero-order chi connectivity index (χ0) is 22.1. The van der Waals surface area contributed by atoms with E-state index in [2.05, 4.69) is 29.8 Å². The van der Waals surface area contributed by atoms with Crippen molar-refractivity contribution in [1.82, 2.24) is 4.90 Å². The smallest absolute Gasteiger partial charge is 0.291 e. The van der Waals surface area contributed by atoms with Crippen LogP contribution >= 0.6 is 15.9 Å². The Labute approximate surface area is 189 Å². The van der Waals surface area contributed by atoms with Gasteiger partial charge in [-0.1, -0.05) is 28.1 Å². The number of halogens is 1. The number of ether oxygens (including phenoxy) is 1. The van der Waals surface area contributed by atoms with Gasteiger partial charge in [0.25, 0.3) is 5.91 Å². The van der Waals surface area contributed by atoms with Gasteiger partial charge in [0.1, 0.15) is 11.3 Å². The first-order valence-corrected chi connectivity index (χ1v) is 11.3. The van der Waals surface area contributed by atoms with E-state index in [9.17, 15) is 9.59 Å². The third-order valence-electron chi connectivity index (χ3n) is 6.04. The summed E-state index contributed by atoms with van der Waals surface area (Å²) in [5, 5.41) is 0.463. The number of carbonyl (C=O) groups excluding carboxylic acids is 1. The summed E-state index contributed by atoms with van der Waals surface area (Å²) in [5.41, 5.74) is 1.48. The third-order valence-corrected chi connectivity index (χ3v) is 6.54. The number of amides is 1. The Balaban J connectivity index is 1.89. The first-order chi connectivity index (χ1) is 15.0. The summed E-state index contributed by atoms with van der Waals surface area (Å²) < 4.78 is 12.2. The Morgan fingerprint density at radius 2 is 1.90 bits per heavy atom. The van der Waals surface area contributed by atoms with Crippen molar-refractivity contribution in [3.63, 3.8) is 0 Å². The van der Waals surface area contributed by atoms with Crippen molar-refractivity contribution in [3.8, 4) is 5.75 Å². The summed E-state index contributed by atoms with van der Waals surface area (Å²) in [7, 11) is 1.60. The number of nitrogens with zero attached hydrogens (tertiary/aromatic N) is 1. The molecule has 0 aliphatic carbocycles. The van der Waals surface area contributed by atoms with Crippen LogP contribution in [0, 0.1) is 0 Å². The average Bonchev–Trinajstić information content (AvgIpc) is 3.07. The molecule has 1 aliphatic heterocycles. The van der Waals surface area contributed by atoms with Crippen LogP contribution in [0.25, 0.3) is 11.0 Å². The fraction of sp³-hybridized carbons (Fsp3) is 0.333. The van der Waals surface area contributed by atoms with Gasteiger partial charge in [-0.05, 0) is 49.7 Å². The number of hydrogen-bond donors (Lipinski definition) is 1. The maximum Gasteiger partial charge on any atom is 0.291 e. The van der Waals surface area contributed by atoms with Gasteiger partial charge in [-0.2, -0.15) is 0 Å². The Bertz CT molecular complexity index is 1190. The third kappa shape index (κ3) is 3.88. The monoisotopic (exact) mass is 485 g/mol. The molecule has 1 N–H and O–H groups in total. The highest BCUT2D eigenvalue weighted by Crippen LogP contribution is 2.38. The molecule has 7 heteroatoms. The number of nitrogens with one attached hydrogen (secondary N) is 1. The molecule has 0 spiro atoms. The van der Waals surface area contributed by atoms with Crippen LogP contribution < -0.4 is 15.1 Å². The summed E-state index contributed by atoms with van der Waals surface area (Å²) in [4.78, 5) is 30.1. The second-order valence-corrected chi connectivity index (χ2v) is 8.61. The summed E-state index contributed by atoms with van der Waals surface area (Å²) in [6.45, 7) is 7.55. The van der Waals surface area contributed by atoms with E-state index in [0.717, 1.165) is 29.7 Å². The van der Waals surface area contributed by atoms with Crippen LogP contribution in [0.3, 0.4) is 0 Å². The van der Waals surface area contributed by atoms with Crippen molar-refractivity contribution >= 4 is 32.8 Å². The topological polar surface area (TPSA) is 64.2 Å². The van der Waals surface area contributed by atoms with Gasteiger partial charge in [0.2, 0.25) is 5.76 Å². The fourth-order valence-corrected chi connectivity index (χ4v) is 4.62. The van der Waals surface area contributed by atoms with E-state index in [1.54, 1.807) is 30.2 Å². The van der Waals surface area contributed by atoms with Crippen LogP contribution in [0.1, 0.15) is 41.6 Å². The Hall–Kier alpha value is -2.64. The molecule has 2 heterocycles. The first kappa shape index (κ1) is 21.6. The van der Waals surface area contributed by atoms with E-state index in [0.29, 0.717) is 28.8 Å². The second kappa shape index (κ2) is 8.85. The van der Waals surface area contributed by atoms with Crippen molar-refractivity contribution in [2.45, 2.75) is 19.9 Å². The fourth-order valence-electron chi connectivity index (χ4n) is 4.26. The molecule has 1 atom stereocenters. The molecule has 6 nitrogen and oxygen atoms in total. The average molecular weight is 486 g/mol. The summed E-state index contributed by atoms with van der Waals surface area (Å²) >= 11 is 3.43. The minimum absolute atomic E-state index is 0.141. The number of hydrogen-bond acceptors (Lipinski definition) is 4. The quantitative estimate of drug-likeness (QED) is 0.558. The van der Waals surface area contributed by atoms with Crippen molar-refractivity contribution in [2.75, 3.05) is 33.3 Å². The van der Waals surface area contributed by atoms with E-state index in [-0.39, 0.29) is 17.1 Å². The molecule has 162 valence electrons. The lowest BCUT2D eigenvalue weighted by Crippen LogP contribution is -3.12. The molecule has 4 rings (SSSR count). The Morgan fingerprint density at radius 1 is 1.13 bits per heavy atom. The predicted molar refractivity (Wildman–Crippen MR) is 123 cm³/mol. The Kier molecular flexibility index (Phi) is 6.16. The molecule has 0 bridgehead atoms. The lowest BCUT2D eigenvalue weighted by atomic mass is 9.98. The number of quaternary nitrogens is 1. The van der Waals surface area contributed by atoms with E-state index in [1.165, 1.54) is 4.90 Å². The van der Waals surface area contributed by atoms with E-state index < -0.39 is 6.04 Å². The molecule has 0 saturated heterocycles. The molecule has 1 aliphatic rings. The summed E-state index contributed by atoms with van der Waals surface area (Å²) in [6.07, 6.45) is 0. The largest absolute Gasteiger partial charge is 0.497 e. The zero-order valence-corrected chi connectivity index (χ0v) is 19.5. The highest BCUT2D eigenvalue weighted by atomic mass is 79.9. The molecule has 0 fully saturated rings. The second-order valence-electron chi connectivity index (χ2n) is 7.70. The summed E-state index contributed by atoms with van der Waals surface area (Å²) in [6, 6.07) is 12.3. The molecule has 3 aromatic rings. The molecule has 1 unspecified atom stereocenters. The van der Waals surface area contributed by atoms with Crippen LogP contribution in [-0.4, -0.2) is 44.1 Å². The molecule has 1 amide bonds. The number of carbonyl (C=O) groups is 1. The molecule has 0 saturated carbocycles. The van der Waals surface area contributed by atoms with Crippen LogP contribution in [0.15, 0.2) is 56.1 Å². The Morgan fingerprint density at radius 3 is 2.61 bits per heavy atom. The zero-order valence-electron chi connectivity index (χ0n) is 17.9. The first-order valence-electron chi connectivity index (χ1n) is 10.5. The van der Waals surface area contributed by atoms with Crippen molar-refractivity contribution in [2.24, 2.45) is 0 Å². The van der Waals surface area contributed by atoms with Crippen molar-refractivity contribution in [1.29, 1.82) is 0 Å². The van der Waals surface area contributed by atoms with Gasteiger partial charge in [-0.3, -0.25) is 9.59 Å². The molecular weight excluding hydrogens is 460 g/mol. The lowest BCUT2D eigenvalue weighted by Gasteiger charge is -2.27. The van der Waals surface area contributed by atoms with Gasteiger partial charge in [-0.25, -0.2) is 0 Å².